The molecule has 112 valence electrons. The van der Waals surface area contributed by atoms with Gasteiger partial charge in [-0.25, -0.2) is 4.39 Å². The van der Waals surface area contributed by atoms with Crippen molar-refractivity contribution in [2.24, 2.45) is 5.84 Å². The first-order valence-corrected chi connectivity index (χ1v) is 6.97. The molecule has 0 saturated carbocycles. The molecule has 1 unspecified atom stereocenters. The highest BCUT2D eigenvalue weighted by Crippen LogP contribution is 2.30. The third-order valence-electron chi connectivity index (χ3n) is 3.40. The van der Waals surface area contributed by atoms with E-state index in [2.05, 4.69) is 5.43 Å². The normalized spacial score (nSPS) is 12.2. The summed E-state index contributed by atoms with van der Waals surface area (Å²) in [5.41, 5.74) is 5.63. The molecule has 0 aliphatic heterocycles. The molecular formula is C16H18ClFN2O. The lowest BCUT2D eigenvalue weighted by atomic mass is 9.97. The Kier molecular flexibility index (Phi) is 5.17. The molecule has 0 fully saturated rings. The summed E-state index contributed by atoms with van der Waals surface area (Å²) < 4.78 is 18.5. The van der Waals surface area contributed by atoms with E-state index in [0.717, 1.165) is 22.4 Å². The summed E-state index contributed by atoms with van der Waals surface area (Å²) in [6, 6.07) is 10.1. The fourth-order valence-corrected chi connectivity index (χ4v) is 2.52. The maximum atomic E-state index is 13.1. The van der Waals surface area contributed by atoms with Crippen molar-refractivity contribution < 1.29 is 9.13 Å². The molecule has 0 aliphatic rings. The Hall–Kier alpha value is -1.62. The second-order valence-electron chi connectivity index (χ2n) is 4.90. The summed E-state index contributed by atoms with van der Waals surface area (Å²) in [5.74, 6) is 6.08. The molecule has 3 N–H and O–H groups in total. The van der Waals surface area contributed by atoms with Crippen molar-refractivity contribution in [2.45, 2.75) is 19.4 Å². The molecule has 2 aromatic carbocycles. The molecule has 0 aromatic heterocycles. The van der Waals surface area contributed by atoms with Crippen molar-refractivity contribution in [2.75, 3.05) is 7.11 Å². The van der Waals surface area contributed by atoms with Crippen LogP contribution in [0, 0.1) is 12.7 Å². The van der Waals surface area contributed by atoms with Crippen LogP contribution in [0.3, 0.4) is 0 Å². The van der Waals surface area contributed by atoms with Gasteiger partial charge < -0.3 is 4.74 Å². The summed E-state index contributed by atoms with van der Waals surface area (Å²) in [6.07, 6.45) is 0.537. The Labute approximate surface area is 128 Å². The third-order valence-corrected chi connectivity index (χ3v) is 3.76. The van der Waals surface area contributed by atoms with Crippen molar-refractivity contribution in [3.8, 4) is 5.75 Å². The first-order chi connectivity index (χ1) is 10.0. The Morgan fingerprint density at radius 3 is 2.67 bits per heavy atom. The lowest BCUT2D eigenvalue weighted by molar-refractivity contribution is 0.398. The van der Waals surface area contributed by atoms with Gasteiger partial charge >= 0.3 is 0 Å². The molecule has 2 aromatic rings. The topological polar surface area (TPSA) is 47.3 Å². The van der Waals surface area contributed by atoms with Crippen LogP contribution in [0.15, 0.2) is 36.4 Å². The van der Waals surface area contributed by atoms with Crippen molar-refractivity contribution in [3.63, 3.8) is 0 Å². The Morgan fingerprint density at radius 2 is 2.05 bits per heavy atom. The smallest absolute Gasteiger partial charge is 0.124 e. The molecule has 21 heavy (non-hydrogen) atoms. The molecule has 2 rings (SSSR count). The molecule has 0 heterocycles. The van der Waals surface area contributed by atoms with Gasteiger partial charge in [-0.3, -0.25) is 11.3 Å². The molecule has 0 spiro atoms. The molecule has 1 atom stereocenters. The minimum Gasteiger partial charge on any atom is -0.496 e. The second kappa shape index (κ2) is 6.89. The van der Waals surface area contributed by atoms with E-state index in [1.807, 2.05) is 25.1 Å². The van der Waals surface area contributed by atoms with Gasteiger partial charge in [0.25, 0.3) is 0 Å². The van der Waals surface area contributed by atoms with Crippen molar-refractivity contribution in [3.05, 3.63) is 63.9 Å². The molecule has 5 heteroatoms. The molecule has 0 amide bonds. The van der Waals surface area contributed by atoms with Crippen LogP contribution < -0.4 is 16.0 Å². The van der Waals surface area contributed by atoms with Crippen LogP contribution >= 0.6 is 11.6 Å². The van der Waals surface area contributed by atoms with Crippen molar-refractivity contribution in [1.29, 1.82) is 0 Å². The van der Waals surface area contributed by atoms with Crippen LogP contribution in [-0.2, 0) is 6.42 Å². The highest BCUT2D eigenvalue weighted by molar-refractivity contribution is 6.31. The number of benzene rings is 2. The maximum absolute atomic E-state index is 13.1. The van der Waals surface area contributed by atoms with Crippen LogP contribution in [0.25, 0.3) is 0 Å². The lowest BCUT2D eigenvalue weighted by Gasteiger charge is -2.20. The summed E-state index contributed by atoms with van der Waals surface area (Å²) in [7, 11) is 1.62. The van der Waals surface area contributed by atoms with E-state index in [1.54, 1.807) is 13.2 Å². The number of hydrazine groups is 1. The summed E-state index contributed by atoms with van der Waals surface area (Å²) >= 11 is 6.08. The van der Waals surface area contributed by atoms with E-state index < -0.39 is 0 Å². The van der Waals surface area contributed by atoms with Gasteiger partial charge in [-0.1, -0.05) is 29.8 Å². The van der Waals surface area contributed by atoms with Gasteiger partial charge in [-0.2, -0.15) is 0 Å². The molecule has 0 aliphatic carbocycles. The minimum absolute atomic E-state index is 0.177. The van der Waals surface area contributed by atoms with E-state index in [0.29, 0.717) is 11.4 Å². The van der Waals surface area contributed by atoms with Crippen LogP contribution in [-0.4, -0.2) is 7.11 Å². The number of nitrogens with one attached hydrogen (secondary N) is 1. The van der Waals surface area contributed by atoms with Gasteiger partial charge in [0.1, 0.15) is 11.6 Å². The average Bonchev–Trinajstić information content (AvgIpc) is 2.47. The number of hydrogen-bond donors (Lipinski definition) is 2. The average molecular weight is 309 g/mol. The summed E-state index contributed by atoms with van der Waals surface area (Å²) in [4.78, 5) is 0. The maximum Gasteiger partial charge on any atom is 0.124 e. The number of ether oxygens (including phenoxy) is 1. The van der Waals surface area contributed by atoms with Gasteiger partial charge in [0.2, 0.25) is 0 Å². The first-order valence-electron chi connectivity index (χ1n) is 6.59. The highest BCUT2D eigenvalue weighted by Gasteiger charge is 2.17. The van der Waals surface area contributed by atoms with Crippen LogP contribution in [0.5, 0.6) is 5.75 Å². The number of hydrogen-bond acceptors (Lipinski definition) is 3. The van der Waals surface area contributed by atoms with Gasteiger partial charge in [0.15, 0.2) is 0 Å². The number of halogens is 2. The van der Waals surface area contributed by atoms with Gasteiger partial charge in [-0.05, 0) is 42.7 Å². The Bertz CT molecular complexity index is 634. The first kappa shape index (κ1) is 15.8. The van der Waals surface area contributed by atoms with E-state index in [4.69, 9.17) is 22.2 Å². The van der Waals surface area contributed by atoms with Crippen LogP contribution in [0.4, 0.5) is 4.39 Å². The second-order valence-corrected chi connectivity index (χ2v) is 5.31. The zero-order chi connectivity index (χ0) is 15.4. The van der Waals surface area contributed by atoms with Gasteiger partial charge in [-0.15, -0.1) is 0 Å². The number of aryl methyl sites for hydroxylation is 1. The monoisotopic (exact) mass is 308 g/mol. The standard InChI is InChI=1S/C16H18ClFN2O/c1-10-3-6-13(16(7-10)21-2)15(20-19)8-11-4-5-12(18)9-14(11)17/h3-7,9,15,20H,8,19H2,1-2H3. The third kappa shape index (κ3) is 3.73. The van der Waals surface area contributed by atoms with Crippen LogP contribution in [0.2, 0.25) is 5.02 Å². The number of rotatable bonds is 5. The predicted molar refractivity (Wildman–Crippen MR) is 82.9 cm³/mol. The predicted octanol–water partition coefficient (Wildman–Crippen LogP) is 3.54. The van der Waals surface area contributed by atoms with Gasteiger partial charge in [0.05, 0.1) is 13.2 Å². The molecule has 0 radical (unpaired) electrons. The van der Waals surface area contributed by atoms with E-state index in [-0.39, 0.29) is 11.9 Å². The highest BCUT2D eigenvalue weighted by atomic mass is 35.5. The summed E-state index contributed by atoms with van der Waals surface area (Å²) in [5, 5.41) is 0.390. The lowest BCUT2D eigenvalue weighted by Crippen LogP contribution is -2.30. The number of nitrogens with two attached hydrogens (primary N) is 1. The molecule has 0 saturated heterocycles. The van der Waals surface area contributed by atoms with E-state index in [9.17, 15) is 4.39 Å². The molecule has 3 nitrogen and oxygen atoms in total. The molecular weight excluding hydrogens is 291 g/mol. The SMILES string of the molecule is COc1cc(C)ccc1C(Cc1ccc(F)cc1Cl)NN. The quantitative estimate of drug-likeness (QED) is 0.656. The fraction of sp³-hybridized carbons (Fsp3) is 0.250. The van der Waals surface area contributed by atoms with Crippen LogP contribution in [0.1, 0.15) is 22.7 Å². The van der Waals surface area contributed by atoms with Crippen molar-refractivity contribution >= 4 is 11.6 Å². The zero-order valence-corrected chi connectivity index (χ0v) is 12.7. The largest absolute Gasteiger partial charge is 0.496 e. The number of methoxy groups -OCH3 is 1. The Balaban J connectivity index is 2.32. The van der Waals surface area contributed by atoms with Gasteiger partial charge in [0, 0.05) is 10.6 Å². The van der Waals surface area contributed by atoms with E-state index >= 15 is 0 Å². The summed E-state index contributed by atoms with van der Waals surface area (Å²) in [6.45, 7) is 1.99. The Morgan fingerprint density at radius 1 is 1.29 bits per heavy atom. The fourth-order valence-electron chi connectivity index (χ4n) is 2.27. The van der Waals surface area contributed by atoms with Crippen molar-refractivity contribution in [1.82, 2.24) is 5.43 Å². The van der Waals surface area contributed by atoms with E-state index in [1.165, 1.54) is 12.1 Å². The minimum atomic E-state index is -0.353. The molecule has 0 bridgehead atoms. The zero-order valence-electron chi connectivity index (χ0n) is 12.0.